The van der Waals surface area contributed by atoms with E-state index in [1.165, 1.54) is 30.3 Å². The molecule has 1 aliphatic carbocycles. The number of pyridine rings is 1. The van der Waals surface area contributed by atoms with E-state index in [9.17, 15) is 94.2 Å². The predicted octanol–water partition coefficient (Wildman–Crippen LogP) is 7.13. The number of carbonyl (C=O) groups is 4. The number of ether oxygens (including phenoxy) is 1. The zero-order valence-electron chi connectivity index (χ0n) is 43.0. The van der Waals surface area contributed by atoms with Gasteiger partial charge in [0, 0.05) is 33.8 Å². The van der Waals surface area contributed by atoms with E-state index in [0.717, 1.165) is 84.9 Å². The summed E-state index contributed by atoms with van der Waals surface area (Å²) in [5.41, 5.74) is -8.36. The molecule has 30 nitrogen and oxygen atoms in total. The van der Waals surface area contributed by atoms with Gasteiger partial charge in [0.25, 0.3) is 56.1 Å². The number of aromatic amines is 1. The molecule has 0 spiro atoms. The summed E-state index contributed by atoms with van der Waals surface area (Å²) < 4.78 is 185. The third-order valence-electron chi connectivity index (χ3n) is 12.9. The van der Waals surface area contributed by atoms with Crippen LogP contribution in [0.4, 0.5) is 34.6 Å². The number of ketones is 2. The highest BCUT2D eigenvalue weighted by Crippen LogP contribution is 2.49. The second-order valence-corrected chi connectivity index (χ2v) is 25.9. The van der Waals surface area contributed by atoms with Crippen molar-refractivity contribution in [2.75, 3.05) is 16.0 Å². The number of aromatic nitrogens is 4. The van der Waals surface area contributed by atoms with Crippen LogP contribution >= 0.6 is 11.6 Å². The Morgan fingerprint density at radius 3 is 1.64 bits per heavy atom. The molecule has 9 aromatic rings. The molecule has 88 heavy (non-hydrogen) atoms. The van der Waals surface area contributed by atoms with Gasteiger partial charge in [-0.2, -0.15) is 57.0 Å². The maximum Gasteiger partial charge on any atom is 0.335 e. The van der Waals surface area contributed by atoms with Crippen LogP contribution in [0.2, 0.25) is 5.28 Å². The summed E-state index contributed by atoms with van der Waals surface area (Å²) >= 11 is 6.19. The Kier molecular flexibility index (Phi) is 15.4. The number of carbonyl (C=O) groups excluding carboxylic acids is 2. The molecule has 2 heterocycles. The summed E-state index contributed by atoms with van der Waals surface area (Å²) in [6.07, 6.45) is 0. The topological polar surface area (TPSA) is 497 Å². The molecule has 0 saturated heterocycles. The van der Waals surface area contributed by atoms with E-state index < -0.39 is 194 Å². The third kappa shape index (κ3) is 12.1. The lowest BCUT2D eigenvalue weighted by molar-refractivity contribution is 0.0696. The van der Waals surface area contributed by atoms with E-state index in [1.807, 2.05) is 0 Å². The van der Waals surface area contributed by atoms with Crippen molar-refractivity contribution < 1.29 is 99.0 Å². The molecule has 450 valence electrons. The average Bonchev–Trinajstić information content (AvgIpc) is 0.723. The summed E-state index contributed by atoms with van der Waals surface area (Å²) in [6, 6.07) is 20.7. The van der Waals surface area contributed by atoms with Crippen molar-refractivity contribution >= 4 is 131 Å². The van der Waals surface area contributed by atoms with Crippen LogP contribution in [0.25, 0.3) is 33.2 Å². The zero-order chi connectivity index (χ0) is 63.9. The standard InChI is InChI=1S/C52H32ClN7O23S5/c53-50-58-51(54-27-15-25(48(64)65)14-26(16-27)49(66)67)60-52(59-50)56-33-19-32(37(86(74,75)76)21-38(33)87(77,78)79)55-34-20-36(83-35-13-10-23(18-39(35)88(80,81)82)22-8-11-28(12-9-22)84(68,69)70)44-42-40(30-6-1-2-7-31(30)46(62)41(34)42)43(47(63)57-44)45(61)24-4-3-5-29(17-24)85(71,72)73/h1-21,55H,(H,57,63)(H,64,65)(H,66,67)(H,68,69,70)(H,71,72,73)(H,74,75,76)(H,77,78,79)(H,80,81,82)(H2,54,56,58,59,60). The van der Waals surface area contributed by atoms with E-state index in [-0.39, 0.29) is 34.0 Å². The van der Waals surface area contributed by atoms with Crippen molar-refractivity contribution in [2.45, 2.75) is 24.5 Å². The van der Waals surface area contributed by atoms with Gasteiger partial charge in [-0.3, -0.25) is 37.1 Å². The number of halogens is 1. The van der Waals surface area contributed by atoms with Crippen LogP contribution in [0.15, 0.2) is 157 Å². The first kappa shape index (κ1) is 61.2. The van der Waals surface area contributed by atoms with Gasteiger partial charge in [0.15, 0.2) is 17.3 Å². The van der Waals surface area contributed by atoms with E-state index in [1.54, 1.807) is 0 Å². The summed E-state index contributed by atoms with van der Waals surface area (Å²) in [5, 5.41) is 25.5. The highest BCUT2D eigenvalue weighted by atomic mass is 35.5. The first-order chi connectivity index (χ1) is 41.0. The predicted molar refractivity (Wildman–Crippen MR) is 306 cm³/mol. The van der Waals surface area contributed by atoms with Crippen LogP contribution in [0, 0.1) is 0 Å². The minimum absolute atomic E-state index is 0.0276. The minimum Gasteiger partial charge on any atom is -0.478 e. The fourth-order valence-corrected chi connectivity index (χ4v) is 12.4. The Labute approximate surface area is 497 Å². The van der Waals surface area contributed by atoms with Crippen LogP contribution < -0.4 is 26.2 Å². The Morgan fingerprint density at radius 2 is 1.06 bits per heavy atom. The molecule has 0 amide bonds. The van der Waals surface area contributed by atoms with Crippen LogP contribution in [-0.2, 0) is 50.6 Å². The summed E-state index contributed by atoms with van der Waals surface area (Å²) in [4.78, 5) is 77.3. The van der Waals surface area contributed by atoms with Gasteiger partial charge < -0.3 is 35.9 Å². The molecular weight excluding hydrogens is 1290 g/mol. The number of H-pyrrole nitrogens is 1. The Hall–Kier alpha value is -9.92. The number of hydrogen-bond donors (Lipinski definition) is 11. The fourth-order valence-electron chi connectivity index (χ4n) is 9.22. The SMILES string of the molecule is O=C(O)c1cc(Nc2nc(Cl)nc(Nc3cc(Nc4cc(Oc5ccc(-c6ccc(S(=O)(=O)O)cc6)cc5S(=O)(=O)O)c5[nH]c(=O)c(C(=O)c6cccc(S(=O)(=O)O)c6)c6c5c4C(=O)c4ccccc4-6)c(S(=O)(=O)O)cc3S(=O)(=O)O)n2)cc(C(=O)O)c1. The third-order valence-corrected chi connectivity index (χ3v) is 17.5. The monoisotopic (exact) mass is 1320 g/mol. The molecule has 0 unspecified atom stereocenters. The van der Waals surface area contributed by atoms with Gasteiger partial charge in [0.1, 0.15) is 20.4 Å². The number of aromatic carboxylic acids is 2. The Balaban J connectivity index is 1.22. The Bertz CT molecular complexity index is 5250. The van der Waals surface area contributed by atoms with Gasteiger partial charge in [-0.1, -0.05) is 54.6 Å². The van der Waals surface area contributed by atoms with Gasteiger partial charge in [0.2, 0.25) is 17.2 Å². The van der Waals surface area contributed by atoms with Gasteiger partial charge in [-0.15, -0.1) is 0 Å². The maximum absolute atomic E-state index is 15.2. The van der Waals surface area contributed by atoms with Crippen LogP contribution in [0.5, 0.6) is 11.5 Å². The smallest absolute Gasteiger partial charge is 0.335 e. The van der Waals surface area contributed by atoms with Gasteiger partial charge in [-0.25, -0.2) is 9.59 Å². The molecule has 1 aliphatic rings. The lowest BCUT2D eigenvalue weighted by Crippen LogP contribution is -2.24. The second kappa shape index (κ2) is 22.1. The number of benzene rings is 7. The highest BCUT2D eigenvalue weighted by molar-refractivity contribution is 7.87. The molecule has 0 aliphatic heterocycles. The number of nitrogens with one attached hydrogen (secondary N) is 4. The van der Waals surface area contributed by atoms with Gasteiger partial charge in [0.05, 0.1) is 54.6 Å². The molecule has 0 fully saturated rings. The van der Waals surface area contributed by atoms with Gasteiger partial charge >= 0.3 is 11.9 Å². The van der Waals surface area contributed by atoms with Crippen molar-refractivity contribution in [2.24, 2.45) is 0 Å². The summed E-state index contributed by atoms with van der Waals surface area (Å²) in [6.45, 7) is 0. The van der Waals surface area contributed by atoms with Crippen LogP contribution in [0.3, 0.4) is 0 Å². The number of carboxylic acids is 2. The normalized spacial score (nSPS) is 12.5. The molecule has 0 radical (unpaired) electrons. The molecule has 36 heteroatoms. The molecule has 2 aromatic heterocycles. The van der Waals surface area contributed by atoms with Crippen molar-refractivity contribution in [3.8, 4) is 33.8 Å². The van der Waals surface area contributed by atoms with Crippen LogP contribution in [-0.4, -0.2) is 119 Å². The molecular formula is C52H32ClN7O23S5. The van der Waals surface area contributed by atoms with E-state index in [2.05, 4.69) is 35.9 Å². The number of nitrogens with zero attached hydrogens (tertiary/aromatic N) is 3. The van der Waals surface area contributed by atoms with Crippen molar-refractivity contribution in [1.29, 1.82) is 0 Å². The maximum atomic E-state index is 15.2. The zero-order valence-corrected chi connectivity index (χ0v) is 47.9. The number of anilines is 6. The largest absolute Gasteiger partial charge is 0.478 e. The van der Waals surface area contributed by atoms with E-state index in [4.69, 9.17) is 16.3 Å². The quantitative estimate of drug-likeness (QED) is 0.0300. The van der Waals surface area contributed by atoms with Gasteiger partial charge in [-0.05, 0) is 95.0 Å². The molecule has 7 aromatic carbocycles. The van der Waals surface area contributed by atoms with Crippen molar-refractivity contribution in [3.63, 3.8) is 0 Å². The second-order valence-electron chi connectivity index (χ2n) is 18.5. The summed E-state index contributed by atoms with van der Waals surface area (Å²) in [5.74, 6) is -8.18. The van der Waals surface area contributed by atoms with Crippen LogP contribution in [0.1, 0.15) is 52.6 Å². The Morgan fingerprint density at radius 1 is 0.489 bits per heavy atom. The molecule has 10 rings (SSSR count). The highest BCUT2D eigenvalue weighted by Gasteiger charge is 2.37. The number of rotatable bonds is 18. The minimum atomic E-state index is -5.72. The molecule has 0 saturated carbocycles. The lowest BCUT2D eigenvalue weighted by atomic mass is 9.80. The number of hydrogen-bond acceptors (Lipinski definition) is 22. The van der Waals surface area contributed by atoms with E-state index in [0.29, 0.717) is 6.07 Å². The molecule has 0 atom stereocenters. The average molecular weight is 1320 g/mol. The number of carboxylic acid groups (broad SMARTS) is 2. The molecule has 11 N–H and O–H groups in total. The number of fused-ring (bicyclic) bond motifs is 2. The van der Waals surface area contributed by atoms with Crippen molar-refractivity contribution in [1.82, 2.24) is 19.9 Å². The molecule has 0 bridgehead atoms. The lowest BCUT2D eigenvalue weighted by Gasteiger charge is -2.26. The van der Waals surface area contributed by atoms with Crippen molar-refractivity contribution in [3.05, 3.63) is 176 Å². The first-order valence-electron chi connectivity index (χ1n) is 23.9. The first-order valence-corrected chi connectivity index (χ1v) is 31.5. The fraction of sp³-hybridized carbons (Fsp3) is 0. The summed E-state index contributed by atoms with van der Waals surface area (Å²) in [7, 11) is -26.5. The van der Waals surface area contributed by atoms with E-state index >= 15 is 4.79 Å².